The highest BCUT2D eigenvalue weighted by Crippen LogP contribution is 2.55. The third-order valence-corrected chi connectivity index (χ3v) is 8.49. The molecule has 3 rings (SSSR count). The Hall–Kier alpha value is -2.28. The number of rotatable bonds is 8. The first-order valence-electron chi connectivity index (χ1n) is 12.5. The van der Waals surface area contributed by atoms with Crippen molar-refractivity contribution in [2.75, 3.05) is 20.8 Å². The molecular formula is C27H42N2O5. The van der Waals surface area contributed by atoms with Crippen LogP contribution in [-0.4, -0.2) is 49.8 Å². The van der Waals surface area contributed by atoms with Crippen molar-refractivity contribution in [2.24, 2.45) is 29.1 Å². The summed E-state index contributed by atoms with van der Waals surface area (Å²) in [6.45, 7) is 8.41. The predicted octanol–water partition coefficient (Wildman–Crippen LogP) is 3.33. The van der Waals surface area contributed by atoms with Crippen LogP contribution in [0, 0.1) is 29.1 Å². The number of methoxy groups -OCH3 is 2. The fraction of sp³-hybridized carbons (Fsp3) is 0.704. The van der Waals surface area contributed by atoms with Crippen LogP contribution in [-0.2, 0) is 16.0 Å². The summed E-state index contributed by atoms with van der Waals surface area (Å²) in [7, 11) is 3.21. The van der Waals surface area contributed by atoms with E-state index in [2.05, 4.69) is 24.5 Å². The SMILES string of the molecule is COc1ccc(CCNC(=O)[C@@H](C)[C@@H]2CC[C@@]3(C)CC[C@H](NC(C)=O)[C@@H](C)[C@@H]3[C@H]2O)cc1OC. The fourth-order valence-corrected chi connectivity index (χ4v) is 6.48. The molecule has 3 N–H and O–H groups in total. The Kier molecular flexibility index (Phi) is 8.50. The molecule has 0 heterocycles. The van der Waals surface area contributed by atoms with Crippen molar-refractivity contribution in [3.05, 3.63) is 23.8 Å². The lowest BCUT2D eigenvalue weighted by Crippen LogP contribution is -2.58. The topological polar surface area (TPSA) is 96.9 Å². The second kappa shape index (κ2) is 11.0. The van der Waals surface area contributed by atoms with Crippen molar-refractivity contribution in [1.29, 1.82) is 0 Å². The van der Waals surface area contributed by atoms with Crippen LogP contribution in [0.1, 0.15) is 58.9 Å². The number of aliphatic hydroxyl groups is 1. The summed E-state index contributed by atoms with van der Waals surface area (Å²) in [4.78, 5) is 24.7. The first kappa shape index (κ1) is 26.3. The molecule has 34 heavy (non-hydrogen) atoms. The largest absolute Gasteiger partial charge is 0.493 e. The van der Waals surface area contributed by atoms with E-state index >= 15 is 0 Å². The van der Waals surface area contributed by atoms with E-state index < -0.39 is 6.10 Å². The van der Waals surface area contributed by atoms with Crippen LogP contribution < -0.4 is 20.1 Å². The van der Waals surface area contributed by atoms with E-state index in [9.17, 15) is 14.7 Å². The van der Waals surface area contributed by atoms with E-state index in [-0.39, 0.29) is 46.9 Å². The second-order valence-electron chi connectivity index (χ2n) is 10.6. The second-order valence-corrected chi connectivity index (χ2v) is 10.6. The summed E-state index contributed by atoms with van der Waals surface area (Å²) in [5.74, 6) is 1.18. The number of fused-ring (bicyclic) bond motifs is 1. The van der Waals surface area contributed by atoms with E-state index in [1.165, 1.54) is 0 Å². The number of benzene rings is 1. The summed E-state index contributed by atoms with van der Waals surface area (Å²) in [5, 5.41) is 17.6. The Morgan fingerprint density at radius 3 is 2.50 bits per heavy atom. The van der Waals surface area contributed by atoms with Gasteiger partial charge in [-0.3, -0.25) is 9.59 Å². The number of nitrogens with one attached hydrogen (secondary N) is 2. The Balaban J connectivity index is 1.60. The van der Waals surface area contributed by atoms with Crippen LogP contribution in [0.15, 0.2) is 18.2 Å². The molecule has 0 aliphatic heterocycles. The van der Waals surface area contributed by atoms with Gasteiger partial charge in [0, 0.05) is 25.4 Å². The number of carbonyl (C=O) groups excluding carboxylic acids is 2. The lowest BCUT2D eigenvalue weighted by molar-refractivity contribution is -0.143. The van der Waals surface area contributed by atoms with E-state index in [4.69, 9.17) is 9.47 Å². The summed E-state index contributed by atoms with van der Waals surface area (Å²) in [6, 6.07) is 5.84. The van der Waals surface area contributed by atoms with Gasteiger partial charge < -0.3 is 25.2 Å². The molecule has 2 amide bonds. The zero-order chi connectivity index (χ0) is 25.0. The molecule has 0 unspecified atom stereocenters. The molecule has 1 aromatic rings. The van der Waals surface area contributed by atoms with E-state index in [0.29, 0.717) is 24.5 Å². The Morgan fingerprint density at radius 2 is 1.85 bits per heavy atom. The summed E-state index contributed by atoms with van der Waals surface area (Å²) in [6.07, 6.45) is 3.90. The van der Waals surface area contributed by atoms with E-state index in [1.54, 1.807) is 21.1 Å². The minimum absolute atomic E-state index is 0.0185. The van der Waals surface area contributed by atoms with E-state index in [1.807, 2.05) is 25.1 Å². The molecule has 190 valence electrons. The average Bonchev–Trinajstić information content (AvgIpc) is 2.80. The Labute approximate surface area is 204 Å². The highest BCUT2D eigenvalue weighted by molar-refractivity contribution is 5.78. The summed E-state index contributed by atoms with van der Waals surface area (Å²) < 4.78 is 10.6. The standard InChI is InChI=1S/C27H42N2O5/c1-16(26(32)28-14-11-19-7-8-22(33-5)23(15-19)34-6)20-9-12-27(4)13-10-21(29-18(3)30)17(2)24(27)25(20)31/h7-8,15-17,20-21,24-25,31H,9-14H2,1-6H3,(H,28,32)(H,29,30)/t16-,17+,20-,21-,24+,25-,27-/m0/s1. The molecule has 0 radical (unpaired) electrons. The van der Waals surface area contributed by atoms with Gasteiger partial charge in [0.2, 0.25) is 11.8 Å². The summed E-state index contributed by atoms with van der Waals surface area (Å²) >= 11 is 0. The first-order chi connectivity index (χ1) is 16.1. The van der Waals surface area contributed by atoms with Gasteiger partial charge in [-0.05, 0) is 73.0 Å². The molecule has 2 fully saturated rings. The van der Waals surface area contributed by atoms with Crippen LogP contribution in [0.2, 0.25) is 0 Å². The minimum atomic E-state index is -0.558. The Morgan fingerprint density at radius 1 is 1.18 bits per heavy atom. The van der Waals surface area contributed by atoms with Crippen molar-refractivity contribution < 1.29 is 24.2 Å². The van der Waals surface area contributed by atoms with Crippen molar-refractivity contribution >= 4 is 11.8 Å². The highest BCUT2D eigenvalue weighted by Gasteiger charge is 2.53. The van der Waals surface area contributed by atoms with Crippen LogP contribution >= 0.6 is 0 Å². The van der Waals surface area contributed by atoms with Gasteiger partial charge in [0.1, 0.15) is 0 Å². The average molecular weight is 475 g/mol. The van der Waals surface area contributed by atoms with Crippen molar-refractivity contribution in [2.45, 2.75) is 71.9 Å². The van der Waals surface area contributed by atoms with Gasteiger partial charge in [-0.1, -0.05) is 26.8 Å². The van der Waals surface area contributed by atoms with Crippen LogP contribution in [0.25, 0.3) is 0 Å². The minimum Gasteiger partial charge on any atom is -0.493 e. The normalized spacial score (nSPS) is 31.7. The molecule has 7 heteroatoms. The monoisotopic (exact) mass is 474 g/mol. The van der Waals surface area contributed by atoms with Crippen molar-refractivity contribution in [3.63, 3.8) is 0 Å². The third kappa shape index (κ3) is 5.51. The third-order valence-electron chi connectivity index (χ3n) is 8.49. The molecule has 1 aromatic carbocycles. The lowest BCUT2D eigenvalue weighted by atomic mass is 9.51. The van der Waals surface area contributed by atoms with Gasteiger partial charge in [-0.2, -0.15) is 0 Å². The molecule has 7 nitrogen and oxygen atoms in total. The van der Waals surface area contributed by atoms with Gasteiger partial charge in [-0.15, -0.1) is 0 Å². The molecule has 7 atom stereocenters. The number of ether oxygens (including phenoxy) is 2. The molecule has 0 aromatic heterocycles. The maximum Gasteiger partial charge on any atom is 0.223 e. The summed E-state index contributed by atoms with van der Waals surface area (Å²) in [5.41, 5.74) is 1.10. The number of hydrogen-bond acceptors (Lipinski definition) is 5. The van der Waals surface area contributed by atoms with Gasteiger partial charge >= 0.3 is 0 Å². The molecule has 2 aliphatic rings. The maximum absolute atomic E-state index is 13.0. The number of amides is 2. The van der Waals surface area contributed by atoms with Crippen LogP contribution in [0.5, 0.6) is 11.5 Å². The fourth-order valence-electron chi connectivity index (χ4n) is 6.48. The van der Waals surface area contributed by atoms with Gasteiger partial charge in [0.05, 0.1) is 20.3 Å². The molecule has 0 bridgehead atoms. The number of carbonyl (C=O) groups is 2. The molecule has 0 spiro atoms. The van der Waals surface area contributed by atoms with Gasteiger partial charge in [-0.25, -0.2) is 0 Å². The quantitative estimate of drug-likeness (QED) is 0.537. The number of hydrogen-bond donors (Lipinski definition) is 3. The molecule has 2 saturated carbocycles. The van der Waals surface area contributed by atoms with Crippen molar-refractivity contribution in [1.82, 2.24) is 10.6 Å². The zero-order valence-electron chi connectivity index (χ0n) is 21.5. The smallest absolute Gasteiger partial charge is 0.223 e. The molecule has 2 aliphatic carbocycles. The Bertz CT molecular complexity index is 875. The van der Waals surface area contributed by atoms with Gasteiger partial charge in [0.25, 0.3) is 0 Å². The molecular weight excluding hydrogens is 432 g/mol. The number of aliphatic hydroxyl groups excluding tert-OH is 1. The highest BCUT2D eigenvalue weighted by atomic mass is 16.5. The van der Waals surface area contributed by atoms with Crippen LogP contribution in [0.4, 0.5) is 0 Å². The van der Waals surface area contributed by atoms with Gasteiger partial charge in [0.15, 0.2) is 11.5 Å². The lowest BCUT2D eigenvalue weighted by Gasteiger charge is -2.56. The van der Waals surface area contributed by atoms with Crippen molar-refractivity contribution in [3.8, 4) is 11.5 Å². The van der Waals surface area contributed by atoms with E-state index in [0.717, 1.165) is 31.2 Å². The van der Waals surface area contributed by atoms with Crippen LogP contribution in [0.3, 0.4) is 0 Å². The first-order valence-corrected chi connectivity index (χ1v) is 12.5. The zero-order valence-corrected chi connectivity index (χ0v) is 21.5. The maximum atomic E-state index is 13.0. The molecule has 0 saturated heterocycles. The predicted molar refractivity (Wildman–Crippen MR) is 132 cm³/mol.